The van der Waals surface area contributed by atoms with Crippen LogP contribution in [0.4, 0.5) is 5.69 Å². The number of carbonyl (C=O) groups excluding carboxylic acids is 1. The quantitative estimate of drug-likeness (QED) is 0.575. The predicted molar refractivity (Wildman–Crippen MR) is 58.5 cm³/mol. The minimum absolute atomic E-state index is 0.393. The van der Waals surface area contributed by atoms with Gasteiger partial charge < -0.3 is 5.73 Å². The second-order valence-corrected chi connectivity index (χ2v) is 3.37. The Labute approximate surface area is 86.3 Å². The van der Waals surface area contributed by atoms with Crippen molar-refractivity contribution >= 4 is 33.3 Å². The molecule has 2 nitrogen and oxygen atoms in total. The summed E-state index contributed by atoms with van der Waals surface area (Å²) < 4.78 is 0. The third-order valence-electron chi connectivity index (χ3n) is 2.16. The number of rotatable bonds is 1. The van der Waals surface area contributed by atoms with Crippen molar-refractivity contribution in [3.8, 4) is 0 Å². The third-order valence-corrected chi connectivity index (χ3v) is 2.35. The SMILES string of the molecule is Nc1ccc2ccccc2c1C(=O)Cl. The molecule has 0 radical (unpaired) electrons. The molecule has 0 fully saturated rings. The number of hydrogen-bond acceptors (Lipinski definition) is 2. The highest BCUT2D eigenvalue weighted by Crippen LogP contribution is 2.25. The van der Waals surface area contributed by atoms with Crippen LogP contribution in [0.5, 0.6) is 0 Å². The van der Waals surface area contributed by atoms with Crippen molar-refractivity contribution in [2.45, 2.75) is 0 Å². The lowest BCUT2D eigenvalue weighted by Gasteiger charge is -2.05. The number of nitrogens with two attached hydrogens (primary N) is 1. The van der Waals surface area contributed by atoms with Crippen LogP contribution in [0.3, 0.4) is 0 Å². The molecule has 2 N–H and O–H groups in total. The number of nitrogen functional groups attached to an aromatic ring is 1. The van der Waals surface area contributed by atoms with E-state index in [4.69, 9.17) is 17.3 Å². The molecule has 2 aromatic carbocycles. The average Bonchev–Trinajstić information content (AvgIpc) is 2.17. The minimum atomic E-state index is -0.515. The second kappa shape index (κ2) is 3.31. The van der Waals surface area contributed by atoms with E-state index in [0.29, 0.717) is 11.3 Å². The number of halogens is 1. The van der Waals surface area contributed by atoms with Gasteiger partial charge in [0, 0.05) is 5.69 Å². The molecular formula is C11H8ClNO. The highest BCUT2D eigenvalue weighted by atomic mass is 35.5. The van der Waals surface area contributed by atoms with E-state index in [1.165, 1.54) is 0 Å². The number of carbonyl (C=O) groups is 1. The fraction of sp³-hybridized carbons (Fsp3) is 0. The van der Waals surface area contributed by atoms with Crippen molar-refractivity contribution in [3.05, 3.63) is 42.0 Å². The Bertz CT molecular complexity index is 508. The van der Waals surface area contributed by atoms with Crippen molar-refractivity contribution in [1.29, 1.82) is 0 Å². The fourth-order valence-corrected chi connectivity index (χ4v) is 1.72. The molecular weight excluding hydrogens is 198 g/mol. The topological polar surface area (TPSA) is 43.1 Å². The smallest absolute Gasteiger partial charge is 0.255 e. The van der Waals surface area contributed by atoms with Crippen LogP contribution >= 0.6 is 11.6 Å². The molecule has 0 aromatic heterocycles. The molecule has 0 heterocycles. The number of hydrogen-bond donors (Lipinski definition) is 1. The Morgan fingerprint density at radius 1 is 1.14 bits per heavy atom. The molecule has 3 heteroatoms. The molecule has 0 saturated carbocycles. The summed E-state index contributed by atoms with van der Waals surface area (Å²) in [6.45, 7) is 0. The zero-order valence-corrected chi connectivity index (χ0v) is 8.08. The highest BCUT2D eigenvalue weighted by molar-refractivity contribution is 6.69. The molecule has 0 aliphatic carbocycles. The van der Waals surface area contributed by atoms with Gasteiger partial charge in [0.2, 0.25) is 0 Å². The van der Waals surface area contributed by atoms with Gasteiger partial charge in [0.15, 0.2) is 0 Å². The zero-order chi connectivity index (χ0) is 10.1. The summed E-state index contributed by atoms with van der Waals surface area (Å²) in [5.41, 5.74) is 6.50. The normalized spacial score (nSPS) is 10.4. The molecule has 0 saturated heterocycles. The summed E-state index contributed by atoms with van der Waals surface area (Å²) in [7, 11) is 0. The Morgan fingerprint density at radius 2 is 1.86 bits per heavy atom. The standard InChI is InChI=1S/C11H8ClNO/c12-11(14)10-8-4-2-1-3-7(8)5-6-9(10)13/h1-6H,13H2. The number of anilines is 1. The van der Waals surface area contributed by atoms with E-state index in [-0.39, 0.29) is 0 Å². The van der Waals surface area contributed by atoms with Crippen LogP contribution in [-0.2, 0) is 0 Å². The van der Waals surface area contributed by atoms with E-state index in [1.807, 2.05) is 30.3 Å². The molecule has 2 rings (SSSR count). The Balaban J connectivity index is 2.90. The van der Waals surface area contributed by atoms with Crippen LogP contribution in [0.15, 0.2) is 36.4 Å². The first-order chi connectivity index (χ1) is 6.70. The van der Waals surface area contributed by atoms with E-state index < -0.39 is 5.24 Å². The van der Waals surface area contributed by atoms with Crippen molar-refractivity contribution < 1.29 is 4.79 Å². The van der Waals surface area contributed by atoms with Crippen molar-refractivity contribution in [2.24, 2.45) is 0 Å². The average molecular weight is 206 g/mol. The van der Waals surface area contributed by atoms with Gasteiger partial charge >= 0.3 is 0 Å². The van der Waals surface area contributed by atoms with Gasteiger partial charge in [-0.2, -0.15) is 0 Å². The van der Waals surface area contributed by atoms with Crippen LogP contribution in [-0.4, -0.2) is 5.24 Å². The Kier molecular flexibility index (Phi) is 2.14. The first-order valence-electron chi connectivity index (χ1n) is 4.17. The second-order valence-electron chi connectivity index (χ2n) is 3.02. The van der Waals surface area contributed by atoms with Crippen LogP contribution in [0.2, 0.25) is 0 Å². The molecule has 0 unspecified atom stereocenters. The van der Waals surface area contributed by atoms with Crippen LogP contribution in [0.1, 0.15) is 10.4 Å². The third kappa shape index (κ3) is 1.34. The first kappa shape index (κ1) is 9.03. The molecule has 0 spiro atoms. The Morgan fingerprint density at radius 3 is 2.57 bits per heavy atom. The number of fused-ring (bicyclic) bond motifs is 1. The van der Waals surface area contributed by atoms with Gasteiger partial charge in [0.05, 0.1) is 5.56 Å². The molecule has 0 bridgehead atoms. The van der Waals surface area contributed by atoms with Gasteiger partial charge in [-0.3, -0.25) is 4.79 Å². The fourth-order valence-electron chi connectivity index (χ4n) is 1.51. The van der Waals surface area contributed by atoms with E-state index in [0.717, 1.165) is 10.8 Å². The van der Waals surface area contributed by atoms with Crippen LogP contribution < -0.4 is 5.73 Å². The monoisotopic (exact) mass is 205 g/mol. The van der Waals surface area contributed by atoms with E-state index in [9.17, 15) is 4.79 Å². The van der Waals surface area contributed by atoms with Crippen molar-refractivity contribution in [3.63, 3.8) is 0 Å². The summed E-state index contributed by atoms with van der Waals surface area (Å²) in [6, 6.07) is 11.1. The molecule has 14 heavy (non-hydrogen) atoms. The summed E-state index contributed by atoms with van der Waals surface area (Å²) in [4.78, 5) is 11.2. The summed E-state index contributed by atoms with van der Waals surface area (Å²) in [6.07, 6.45) is 0. The van der Waals surface area contributed by atoms with Gasteiger partial charge in [0.25, 0.3) is 5.24 Å². The molecule has 0 atom stereocenters. The van der Waals surface area contributed by atoms with E-state index >= 15 is 0 Å². The van der Waals surface area contributed by atoms with Gasteiger partial charge in [-0.05, 0) is 28.4 Å². The minimum Gasteiger partial charge on any atom is -0.398 e. The van der Waals surface area contributed by atoms with Crippen LogP contribution in [0.25, 0.3) is 10.8 Å². The Hall–Kier alpha value is -1.54. The lowest BCUT2D eigenvalue weighted by molar-refractivity contribution is 0.108. The first-order valence-corrected chi connectivity index (χ1v) is 4.55. The summed E-state index contributed by atoms with van der Waals surface area (Å²) >= 11 is 5.47. The lowest BCUT2D eigenvalue weighted by atomic mass is 10.0. The van der Waals surface area contributed by atoms with Crippen molar-refractivity contribution in [2.75, 3.05) is 5.73 Å². The summed E-state index contributed by atoms with van der Waals surface area (Å²) in [5, 5.41) is 1.25. The molecule has 0 aliphatic heterocycles. The van der Waals surface area contributed by atoms with Gasteiger partial charge in [-0.15, -0.1) is 0 Å². The maximum absolute atomic E-state index is 11.2. The molecule has 0 aliphatic rings. The van der Waals surface area contributed by atoms with Gasteiger partial charge in [0.1, 0.15) is 0 Å². The maximum atomic E-state index is 11.2. The maximum Gasteiger partial charge on any atom is 0.255 e. The lowest BCUT2D eigenvalue weighted by Crippen LogP contribution is -1.98. The molecule has 0 amide bonds. The van der Waals surface area contributed by atoms with Crippen LogP contribution in [0, 0.1) is 0 Å². The van der Waals surface area contributed by atoms with Gasteiger partial charge in [-0.1, -0.05) is 30.3 Å². The van der Waals surface area contributed by atoms with E-state index in [1.54, 1.807) is 6.07 Å². The molecule has 2 aromatic rings. The zero-order valence-electron chi connectivity index (χ0n) is 7.33. The highest BCUT2D eigenvalue weighted by Gasteiger charge is 2.10. The van der Waals surface area contributed by atoms with E-state index in [2.05, 4.69) is 0 Å². The number of benzene rings is 2. The predicted octanol–water partition coefficient (Wildman–Crippen LogP) is 2.80. The largest absolute Gasteiger partial charge is 0.398 e. The molecule has 70 valence electrons. The van der Waals surface area contributed by atoms with Crippen molar-refractivity contribution in [1.82, 2.24) is 0 Å². The van der Waals surface area contributed by atoms with Gasteiger partial charge in [-0.25, -0.2) is 0 Å². The summed E-state index contributed by atoms with van der Waals surface area (Å²) in [5.74, 6) is 0.